The highest BCUT2D eigenvalue weighted by Crippen LogP contribution is 2.29. The van der Waals surface area contributed by atoms with Gasteiger partial charge in [-0.2, -0.15) is 0 Å². The molecule has 0 atom stereocenters. The van der Waals surface area contributed by atoms with Crippen LogP contribution in [-0.2, 0) is 17.7 Å². The van der Waals surface area contributed by atoms with Gasteiger partial charge in [0.25, 0.3) is 0 Å². The van der Waals surface area contributed by atoms with Gasteiger partial charge in [0.1, 0.15) is 0 Å². The third-order valence-corrected chi connectivity index (χ3v) is 4.45. The summed E-state index contributed by atoms with van der Waals surface area (Å²) in [6.07, 6.45) is 2.12. The second-order valence-corrected chi connectivity index (χ2v) is 6.18. The molecule has 2 heterocycles. The third kappa shape index (κ3) is 3.27. The molecule has 4 nitrogen and oxygen atoms in total. The van der Waals surface area contributed by atoms with Crippen molar-refractivity contribution in [2.24, 2.45) is 0 Å². The molecule has 0 unspecified atom stereocenters. The number of anilines is 1. The number of morpholine rings is 1. The van der Waals surface area contributed by atoms with Gasteiger partial charge in [-0.15, -0.1) is 0 Å². The first-order valence-corrected chi connectivity index (χ1v) is 8.73. The topological polar surface area (TPSA) is 30.3 Å². The van der Waals surface area contributed by atoms with Crippen molar-refractivity contribution >= 4 is 5.95 Å². The van der Waals surface area contributed by atoms with E-state index in [9.17, 15) is 0 Å². The van der Waals surface area contributed by atoms with E-state index in [0.717, 1.165) is 57.3 Å². The van der Waals surface area contributed by atoms with E-state index < -0.39 is 0 Å². The third-order valence-electron chi connectivity index (χ3n) is 4.45. The van der Waals surface area contributed by atoms with E-state index in [1.54, 1.807) is 0 Å². The molecule has 0 saturated carbocycles. The maximum absolute atomic E-state index is 5.50. The average molecular weight is 313 g/mol. The van der Waals surface area contributed by atoms with E-state index in [1.807, 2.05) is 0 Å². The second-order valence-electron chi connectivity index (χ2n) is 6.18. The van der Waals surface area contributed by atoms with Crippen LogP contribution in [0.5, 0.6) is 0 Å². The Balaban J connectivity index is 2.06. The van der Waals surface area contributed by atoms with Crippen LogP contribution in [0.4, 0.5) is 5.95 Å². The number of hydrogen-bond acceptors (Lipinski definition) is 3. The number of rotatable bonds is 5. The first-order chi connectivity index (χ1) is 11.2. The van der Waals surface area contributed by atoms with Crippen LogP contribution in [0, 0.1) is 6.92 Å². The molecule has 0 N–H and O–H groups in total. The Morgan fingerprint density at radius 1 is 1.09 bits per heavy atom. The smallest absolute Gasteiger partial charge is 0.206 e. The van der Waals surface area contributed by atoms with Gasteiger partial charge in [-0.1, -0.05) is 43.7 Å². The van der Waals surface area contributed by atoms with Crippen LogP contribution < -0.4 is 4.90 Å². The normalized spacial score (nSPS) is 15.2. The van der Waals surface area contributed by atoms with Gasteiger partial charge in [0.05, 0.1) is 18.9 Å². The van der Waals surface area contributed by atoms with Gasteiger partial charge < -0.3 is 14.2 Å². The first kappa shape index (κ1) is 16.1. The van der Waals surface area contributed by atoms with Crippen molar-refractivity contribution in [3.63, 3.8) is 0 Å². The molecule has 124 valence electrons. The number of imidazole rings is 1. The molecule has 1 aliphatic heterocycles. The molecule has 1 aromatic carbocycles. The van der Waals surface area contributed by atoms with Crippen molar-refractivity contribution < 1.29 is 4.74 Å². The van der Waals surface area contributed by atoms with Crippen LogP contribution in [0.1, 0.15) is 31.5 Å². The van der Waals surface area contributed by atoms with E-state index in [4.69, 9.17) is 9.72 Å². The Morgan fingerprint density at radius 3 is 2.39 bits per heavy atom. The number of ether oxygens (including phenoxy) is 1. The zero-order valence-electron chi connectivity index (χ0n) is 14.5. The van der Waals surface area contributed by atoms with Crippen molar-refractivity contribution in [2.75, 3.05) is 31.2 Å². The lowest BCUT2D eigenvalue weighted by Gasteiger charge is -2.28. The molecule has 1 aliphatic rings. The number of nitrogens with zero attached hydrogens (tertiary/aromatic N) is 3. The van der Waals surface area contributed by atoms with Crippen LogP contribution in [-0.4, -0.2) is 35.9 Å². The van der Waals surface area contributed by atoms with Gasteiger partial charge in [0.2, 0.25) is 5.95 Å². The first-order valence-electron chi connectivity index (χ1n) is 8.73. The summed E-state index contributed by atoms with van der Waals surface area (Å²) in [6.45, 7) is 11.0. The molecule has 1 saturated heterocycles. The molecular formula is C19H27N3O. The van der Waals surface area contributed by atoms with Gasteiger partial charge in [0.15, 0.2) is 0 Å². The lowest BCUT2D eigenvalue weighted by molar-refractivity contribution is 0.121. The minimum atomic E-state index is 0.792. The van der Waals surface area contributed by atoms with Crippen molar-refractivity contribution in [3.8, 4) is 11.3 Å². The molecule has 0 aliphatic carbocycles. The van der Waals surface area contributed by atoms with Gasteiger partial charge in [-0.25, -0.2) is 4.98 Å². The fourth-order valence-electron chi connectivity index (χ4n) is 3.24. The fourth-order valence-corrected chi connectivity index (χ4v) is 3.24. The lowest BCUT2D eigenvalue weighted by Crippen LogP contribution is -2.38. The van der Waals surface area contributed by atoms with Gasteiger partial charge in [-0.3, -0.25) is 0 Å². The van der Waals surface area contributed by atoms with E-state index in [-0.39, 0.29) is 0 Å². The van der Waals surface area contributed by atoms with E-state index >= 15 is 0 Å². The summed E-state index contributed by atoms with van der Waals surface area (Å²) in [6, 6.07) is 8.72. The van der Waals surface area contributed by atoms with E-state index in [0.29, 0.717) is 0 Å². The van der Waals surface area contributed by atoms with Crippen LogP contribution in [0.2, 0.25) is 0 Å². The SMILES string of the molecule is CCCn1c(N2CCOCC2)nc(-c2ccc(C)cc2)c1CC. The summed E-state index contributed by atoms with van der Waals surface area (Å²) in [7, 11) is 0. The Bertz CT molecular complexity index is 639. The summed E-state index contributed by atoms with van der Waals surface area (Å²) in [5.41, 5.74) is 4.99. The predicted octanol–water partition coefficient (Wildman–Crippen LogP) is 3.67. The molecule has 4 heteroatoms. The minimum Gasteiger partial charge on any atom is -0.378 e. The van der Waals surface area contributed by atoms with Crippen molar-refractivity contribution in [3.05, 3.63) is 35.5 Å². The molecule has 23 heavy (non-hydrogen) atoms. The van der Waals surface area contributed by atoms with Gasteiger partial charge >= 0.3 is 0 Å². The van der Waals surface area contributed by atoms with E-state index in [2.05, 4.69) is 54.5 Å². The van der Waals surface area contributed by atoms with E-state index in [1.165, 1.54) is 16.8 Å². The molecule has 3 rings (SSSR count). The number of aryl methyl sites for hydroxylation is 1. The molecular weight excluding hydrogens is 286 g/mol. The highest BCUT2D eigenvalue weighted by molar-refractivity contribution is 5.65. The monoisotopic (exact) mass is 313 g/mol. The fraction of sp³-hybridized carbons (Fsp3) is 0.526. The second kappa shape index (κ2) is 7.18. The number of aromatic nitrogens is 2. The maximum Gasteiger partial charge on any atom is 0.206 e. The van der Waals surface area contributed by atoms with Crippen molar-refractivity contribution in [2.45, 2.75) is 40.2 Å². The Labute approximate surface area is 139 Å². The molecule has 0 amide bonds. The number of hydrogen-bond donors (Lipinski definition) is 0. The minimum absolute atomic E-state index is 0.792. The highest BCUT2D eigenvalue weighted by atomic mass is 16.5. The van der Waals surface area contributed by atoms with Gasteiger partial charge in [-0.05, 0) is 19.8 Å². The van der Waals surface area contributed by atoms with Crippen LogP contribution in [0.15, 0.2) is 24.3 Å². The maximum atomic E-state index is 5.50. The molecule has 0 radical (unpaired) electrons. The Morgan fingerprint density at radius 2 is 1.78 bits per heavy atom. The predicted molar refractivity (Wildman–Crippen MR) is 95.1 cm³/mol. The molecule has 1 aromatic heterocycles. The summed E-state index contributed by atoms with van der Waals surface area (Å²) < 4.78 is 7.92. The van der Waals surface area contributed by atoms with Crippen molar-refractivity contribution in [1.82, 2.24) is 9.55 Å². The van der Waals surface area contributed by atoms with Crippen LogP contribution in [0.25, 0.3) is 11.3 Å². The lowest BCUT2D eigenvalue weighted by atomic mass is 10.1. The zero-order valence-corrected chi connectivity index (χ0v) is 14.5. The average Bonchev–Trinajstić information content (AvgIpc) is 2.95. The number of benzene rings is 1. The summed E-state index contributed by atoms with van der Waals surface area (Å²) in [5.74, 6) is 1.11. The molecule has 2 aromatic rings. The largest absolute Gasteiger partial charge is 0.378 e. The molecule has 0 spiro atoms. The Kier molecular flexibility index (Phi) is 5.01. The standard InChI is InChI=1S/C19H27N3O/c1-4-10-22-17(5-2)18(16-8-6-15(3)7-9-16)20-19(22)21-11-13-23-14-12-21/h6-9H,4-5,10-14H2,1-3H3. The van der Waals surface area contributed by atoms with Gasteiger partial charge in [0, 0.05) is 30.9 Å². The van der Waals surface area contributed by atoms with Crippen molar-refractivity contribution in [1.29, 1.82) is 0 Å². The van der Waals surface area contributed by atoms with Crippen LogP contribution in [0.3, 0.4) is 0 Å². The molecule has 1 fully saturated rings. The summed E-state index contributed by atoms with van der Waals surface area (Å²) in [5, 5.41) is 0. The van der Waals surface area contributed by atoms with Crippen LogP contribution >= 0.6 is 0 Å². The summed E-state index contributed by atoms with van der Waals surface area (Å²) >= 11 is 0. The quantitative estimate of drug-likeness (QED) is 0.844. The zero-order chi connectivity index (χ0) is 16.2. The Hall–Kier alpha value is -1.81. The highest BCUT2D eigenvalue weighted by Gasteiger charge is 2.22. The summed E-state index contributed by atoms with van der Waals surface area (Å²) in [4.78, 5) is 7.43. The molecule has 0 bridgehead atoms.